The maximum atomic E-state index is 13.7. The summed E-state index contributed by atoms with van der Waals surface area (Å²) >= 11 is 0. The molecule has 0 spiro atoms. The molecule has 2 aromatic heterocycles. The van der Waals surface area contributed by atoms with Crippen LogP contribution in [0.2, 0.25) is 0 Å². The molecule has 4 aromatic rings. The standard InChI is InChI=1S/C26H22F3N3O2/c27-20-12-19(13-21(28)25(20)29)22-9-10-24(33)32(31-22)15-16-5-4-8-18(11-16)26-30-14-23(34-26)17-6-2-1-3-7-17/h4-5,8-14,17H,1-3,6-7,15H2. The molecule has 1 aliphatic carbocycles. The lowest BCUT2D eigenvalue weighted by molar-refractivity contribution is 0.378. The van der Waals surface area contributed by atoms with Crippen LogP contribution in [0.1, 0.15) is 49.3 Å². The molecule has 174 valence electrons. The van der Waals surface area contributed by atoms with Crippen LogP contribution in [0.15, 0.2) is 63.9 Å². The van der Waals surface area contributed by atoms with Crippen molar-refractivity contribution in [3.63, 3.8) is 0 Å². The molecule has 1 fully saturated rings. The molecule has 0 bridgehead atoms. The van der Waals surface area contributed by atoms with E-state index in [2.05, 4.69) is 10.1 Å². The minimum absolute atomic E-state index is 0.0360. The fraction of sp³-hybridized carbons (Fsp3) is 0.269. The first-order valence-corrected chi connectivity index (χ1v) is 11.3. The van der Waals surface area contributed by atoms with Crippen LogP contribution >= 0.6 is 0 Å². The number of hydrogen-bond acceptors (Lipinski definition) is 4. The minimum Gasteiger partial charge on any atom is -0.441 e. The second kappa shape index (κ2) is 9.29. The summed E-state index contributed by atoms with van der Waals surface area (Å²) in [5.74, 6) is -2.35. The third-order valence-corrected chi connectivity index (χ3v) is 6.18. The lowest BCUT2D eigenvalue weighted by Gasteiger charge is -2.18. The van der Waals surface area contributed by atoms with Gasteiger partial charge in [-0.3, -0.25) is 4.79 Å². The number of halogens is 3. The first-order chi connectivity index (χ1) is 16.5. The molecule has 0 N–H and O–H groups in total. The fourth-order valence-electron chi connectivity index (χ4n) is 4.39. The molecule has 8 heteroatoms. The van der Waals surface area contributed by atoms with E-state index in [4.69, 9.17) is 4.42 Å². The molecule has 5 rings (SSSR count). The number of benzene rings is 2. The van der Waals surface area contributed by atoms with Gasteiger partial charge in [0, 0.05) is 23.1 Å². The van der Waals surface area contributed by atoms with Crippen LogP contribution in [0, 0.1) is 17.5 Å². The summed E-state index contributed by atoms with van der Waals surface area (Å²) in [4.78, 5) is 16.8. The molecule has 1 aliphatic rings. The quantitative estimate of drug-likeness (QED) is 0.335. The van der Waals surface area contributed by atoms with Crippen LogP contribution in [-0.2, 0) is 6.54 Å². The van der Waals surface area contributed by atoms with E-state index in [1.807, 2.05) is 24.3 Å². The minimum atomic E-state index is -1.55. The third-order valence-electron chi connectivity index (χ3n) is 6.18. The van der Waals surface area contributed by atoms with Gasteiger partial charge in [-0.1, -0.05) is 31.4 Å². The van der Waals surface area contributed by atoms with Gasteiger partial charge < -0.3 is 4.42 Å². The Morgan fingerprint density at radius 1 is 0.941 bits per heavy atom. The van der Waals surface area contributed by atoms with Crippen molar-refractivity contribution in [2.75, 3.05) is 0 Å². The van der Waals surface area contributed by atoms with Gasteiger partial charge in [0.05, 0.1) is 18.4 Å². The van der Waals surface area contributed by atoms with E-state index in [1.165, 1.54) is 36.1 Å². The summed E-state index contributed by atoms with van der Waals surface area (Å²) in [5.41, 5.74) is 1.37. The van der Waals surface area contributed by atoms with Crippen molar-refractivity contribution < 1.29 is 17.6 Å². The smallest absolute Gasteiger partial charge is 0.267 e. The molecule has 2 heterocycles. The van der Waals surface area contributed by atoms with Crippen LogP contribution in [0.5, 0.6) is 0 Å². The third kappa shape index (κ3) is 4.53. The zero-order valence-electron chi connectivity index (χ0n) is 18.3. The van der Waals surface area contributed by atoms with Crippen LogP contribution in [-0.4, -0.2) is 14.8 Å². The van der Waals surface area contributed by atoms with Crippen molar-refractivity contribution in [1.29, 1.82) is 0 Å². The molecule has 34 heavy (non-hydrogen) atoms. The summed E-state index contributed by atoms with van der Waals surface area (Å²) in [6.07, 6.45) is 7.69. The molecule has 0 radical (unpaired) electrons. The van der Waals surface area contributed by atoms with Gasteiger partial charge in [-0.2, -0.15) is 5.10 Å². The van der Waals surface area contributed by atoms with E-state index >= 15 is 0 Å². The van der Waals surface area contributed by atoms with Crippen LogP contribution in [0.25, 0.3) is 22.7 Å². The van der Waals surface area contributed by atoms with Gasteiger partial charge in [-0.05, 0) is 48.7 Å². The number of oxazole rings is 1. The SMILES string of the molecule is O=c1ccc(-c2cc(F)c(F)c(F)c2)nn1Cc1cccc(-c2ncc(C3CCCCC3)o2)c1. The molecule has 1 saturated carbocycles. The Morgan fingerprint density at radius 2 is 1.71 bits per heavy atom. The van der Waals surface area contributed by atoms with Crippen molar-refractivity contribution in [3.05, 3.63) is 93.9 Å². The summed E-state index contributed by atoms with van der Waals surface area (Å²) in [5, 5.41) is 4.23. The van der Waals surface area contributed by atoms with E-state index in [1.54, 1.807) is 6.20 Å². The Morgan fingerprint density at radius 3 is 2.47 bits per heavy atom. The van der Waals surface area contributed by atoms with Gasteiger partial charge in [-0.25, -0.2) is 22.8 Å². The van der Waals surface area contributed by atoms with Crippen molar-refractivity contribution in [2.45, 2.75) is 44.6 Å². The number of hydrogen-bond donors (Lipinski definition) is 0. The Hall–Kier alpha value is -3.68. The Labute approximate surface area is 193 Å². The maximum absolute atomic E-state index is 13.7. The van der Waals surface area contributed by atoms with Crippen molar-refractivity contribution >= 4 is 0 Å². The molecular formula is C26H22F3N3O2. The van der Waals surface area contributed by atoms with Crippen molar-refractivity contribution in [1.82, 2.24) is 14.8 Å². The van der Waals surface area contributed by atoms with E-state index in [9.17, 15) is 18.0 Å². The monoisotopic (exact) mass is 465 g/mol. The van der Waals surface area contributed by atoms with E-state index in [-0.39, 0.29) is 23.4 Å². The largest absolute Gasteiger partial charge is 0.441 e. The zero-order valence-corrected chi connectivity index (χ0v) is 18.3. The predicted molar refractivity (Wildman–Crippen MR) is 121 cm³/mol. The van der Waals surface area contributed by atoms with Gasteiger partial charge in [0.1, 0.15) is 5.76 Å². The Kier molecular flexibility index (Phi) is 6.04. The summed E-state index contributed by atoms with van der Waals surface area (Å²) in [6, 6.07) is 11.7. The average Bonchev–Trinajstić information content (AvgIpc) is 3.35. The molecule has 0 amide bonds. The number of nitrogens with zero attached hydrogens (tertiary/aromatic N) is 3. The molecule has 0 unspecified atom stereocenters. The maximum Gasteiger partial charge on any atom is 0.267 e. The summed E-state index contributed by atoms with van der Waals surface area (Å²) in [7, 11) is 0. The molecule has 5 nitrogen and oxygen atoms in total. The van der Waals surface area contributed by atoms with Gasteiger partial charge in [0.25, 0.3) is 5.56 Å². The molecule has 0 saturated heterocycles. The van der Waals surface area contributed by atoms with Gasteiger partial charge in [0.2, 0.25) is 5.89 Å². The first kappa shape index (κ1) is 22.1. The fourth-order valence-corrected chi connectivity index (χ4v) is 4.39. The average molecular weight is 465 g/mol. The highest BCUT2D eigenvalue weighted by Gasteiger charge is 2.20. The van der Waals surface area contributed by atoms with Crippen LogP contribution in [0.3, 0.4) is 0 Å². The predicted octanol–water partition coefficient (Wildman–Crippen LogP) is 6.08. The number of rotatable bonds is 5. The van der Waals surface area contributed by atoms with E-state index < -0.39 is 17.5 Å². The second-order valence-corrected chi connectivity index (χ2v) is 8.57. The highest BCUT2D eigenvalue weighted by atomic mass is 19.2. The second-order valence-electron chi connectivity index (χ2n) is 8.57. The zero-order chi connectivity index (χ0) is 23.7. The molecule has 0 atom stereocenters. The lowest BCUT2D eigenvalue weighted by Crippen LogP contribution is -2.22. The van der Waals surface area contributed by atoms with Crippen LogP contribution in [0.4, 0.5) is 13.2 Å². The lowest BCUT2D eigenvalue weighted by atomic mass is 9.88. The Balaban J connectivity index is 1.40. The van der Waals surface area contributed by atoms with Crippen LogP contribution < -0.4 is 5.56 Å². The molecule has 0 aliphatic heterocycles. The van der Waals surface area contributed by atoms with Gasteiger partial charge in [-0.15, -0.1) is 0 Å². The van der Waals surface area contributed by atoms with Gasteiger partial charge in [0.15, 0.2) is 17.5 Å². The number of aromatic nitrogens is 3. The van der Waals surface area contributed by atoms with Crippen molar-refractivity contribution in [3.8, 4) is 22.7 Å². The topological polar surface area (TPSA) is 60.9 Å². The summed E-state index contributed by atoms with van der Waals surface area (Å²) < 4.78 is 47.9. The summed E-state index contributed by atoms with van der Waals surface area (Å²) in [6.45, 7) is 0.128. The van der Waals surface area contributed by atoms with E-state index in [0.717, 1.165) is 41.9 Å². The van der Waals surface area contributed by atoms with Gasteiger partial charge >= 0.3 is 0 Å². The van der Waals surface area contributed by atoms with Crippen molar-refractivity contribution in [2.24, 2.45) is 0 Å². The highest BCUT2D eigenvalue weighted by molar-refractivity contribution is 5.58. The molecule has 2 aromatic carbocycles. The first-order valence-electron chi connectivity index (χ1n) is 11.3. The van der Waals surface area contributed by atoms with E-state index in [0.29, 0.717) is 11.8 Å². The molecular weight excluding hydrogens is 443 g/mol. The normalized spacial score (nSPS) is 14.4. The Bertz CT molecular complexity index is 1370. The highest BCUT2D eigenvalue weighted by Crippen LogP contribution is 2.34.